The lowest BCUT2D eigenvalue weighted by atomic mass is 10.1. The number of aromatic nitrogens is 4. The second kappa shape index (κ2) is 6.78. The van der Waals surface area contributed by atoms with Crippen LogP contribution in [-0.2, 0) is 0 Å². The largest absolute Gasteiger partial charge is 0.497 e. The van der Waals surface area contributed by atoms with Crippen molar-refractivity contribution in [3.05, 3.63) is 47.7 Å². The van der Waals surface area contributed by atoms with E-state index >= 15 is 0 Å². The van der Waals surface area contributed by atoms with E-state index in [1.54, 1.807) is 13.2 Å². The number of methoxy groups -OCH3 is 1. The van der Waals surface area contributed by atoms with Crippen molar-refractivity contribution in [2.45, 2.75) is 31.1 Å². The minimum absolute atomic E-state index is 0.0638. The molecule has 1 N–H and O–H groups in total. The molecule has 1 aliphatic heterocycles. The second-order valence-electron chi connectivity index (χ2n) is 7.40. The number of aromatic amines is 1. The van der Waals surface area contributed by atoms with Gasteiger partial charge in [0, 0.05) is 24.6 Å². The fourth-order valence-corrected chi connectivity index (χ4v) is 3.60. The Morgan fingerprint density at radius 3 is 2.96 bits per heavy atom. The number of amides is 1. The molecule has 1 aliphatic carbocycles. The summed E-state index contributed by atoms with van der Waals surface area (Å²) in [6, 6.07) is 9.38. The quantitative estimate of drug-likeness (QED) is 0.732. The summed E-state index contributed by atoms with van der Waals surface area (Å²) >= 11 is 0. The van der Waals surface area contributed by atoms with E-state index in [0.29, 0.717) is 36.3 Å². The van der Waals surface area contributed by atoms with Crippen LogP contribution in [-0.4, -0.2) is 51.3 Å². The van der Waals surface area contributed by atoms with Crippen LogP contribution >= 0.6 is 0 Å². The number of likely N-dealkylation sites (tertiary alicyclic amines) is 1. The smallest absolute Gasteiger partial charge is 0.271 e. The molecule has 3 aromatic rings. The molecule has 3 heterocycles. The van der Waals surface area contributed by atoms with E-state index in [1.807, 2.05) is 29.2 Å². The molecule has 1 aromatic carbocycles. The highest BCUT2D eigenvalue weighted by Gasteiger charge is 2.34. The van der Waals surface area contributed by atoms with Gasteiger partial charge in [0.2, 0.25) is 5.89 Å². The minimum Gasteiger partial charge on any atom is -0.497 e. The number of hydrogen-bond donors (Lipinski definition) is 1. The van der Waals surface area contributed by atoms with E-state index in [0.717, 1.165) is 36.4 Å². The molecule has 28 heavy (non-hydrogen) atoms. The van der Waals surface area contributed by atoms with Crippen LogP contribution in [0.1, 0.15) is 53.3 Å². The maximum atomic E-state index is 12.9. The SMILES string of the molecule is COc1cccc(-c2cc(C(=O)N3CC[C@@H](c4nc(C5CC5)no4)C3)[nH]n2)c1. The highest BCUT2D eigenvalue weighted by Crippen LogP contribution is 2.39. The summed E-state index contributed by atoms with van der Waals surface area (Å²) in [5, 5.41) is 11.2. The zero-order valence-corrected chi connectivity index (χ0v) is 15.6. The average Bonchev–Trinajstić information content (AvgIpc) is 3.17. The molecular weight excluding hydrogens is 358 g/mol. The van der Waals surface area contributed by atoms with Crippen LogP contribution in [0.15, 0.2) is 34.9 Å². The van der Waals surface area contributed by atoms with Crippen LogP contribution in [0.3, 0.4) is 0 Å². The third kappa shape index (κ3) is 3.15. The van der Waals surface area contributed by atoms with Crippen molar-refractivity contribution in [1.29, 1.82) is 0 Å². The van der Waals surface area contributed by atoms with Crippen LogP contribution in [0.5, 0.6) is 5.75 Å². The Balaban J connectivity index is 1.28. The van der Waals surface area contributed by atoms with Gasteiger partial charge in [-0.3, -0.25) is 9.89 Å². The molecule has 8 heteroatoms. The van der Waals surface area contributed by atoms with E-state index in [1.165, 1.54) is 0 Å². The van der Waals surface area contributed by atoms with Gasteiger partial charge in [-0.05, 0) is 37.5 Å². The van der Waals surface area contributed by atoms with Crippen molar-refractivity contribution >= 4 is 5.91 Å². The van der Waals surface area contributed by atoms with Crippen LogP contribution in [0.25, 0.3) is 11.3 Å². The van der Waals surface area contributed by atoms with Crippen molar-refractivity contribution in [2.75, 3.05) is 20.2 Å². The summed E-state index contributed by atoms with van der Waals surface area (Å²) in [5.41, 5.74) is 2.08. The van der Waals surface area contributed by atoms with E-state index < -0.39 is 0 Å². The first-order valence-corrected chi connectivity index (χ1v) is 9.54. The van der Waals surface area contributed by atoms with Gasteiger partial charge in [0.05, 0.1) is 18.7 Å². The normalized spacial score (nSPS) is 19.2. The lowest BCUT2D eigenvalue weighted by molar-refractivity contribution is 0.0783. The molecule has 0 bridgehead atoms. The number of nitrogens with zero attached hydrogens (tertiary/aromatic N) is 4. The topological polar surface area (TPSA) is 97.1 Å². The zero-order valence-electron chi connectivity index (χ0n) is 15.6. The lowest BCUT2D eigenvalue weighted by Crippen LogP contribution is -2.28. The van der Waals surface area contributed by atoms with Crippen molar-refractivity contribution in [2.24, 2.45) is 0 Å². The molecule has 2 aliphatic rings. The van der Waals surface area contributed by atoms with Gasteiger partial charge in [0.25, 0.3) is 5.91 Å². The Labute approximate surface area is 161 Å². The fourth-order valence-electron chi connectivity index (χ4n) is 3.60. The summed E-state index contributed by atoms with van der Waals surface area (Å²) < 4.78 is 10.7. The zero-order chi connectivity index (χ0) is 19.1. The van der Waals surface area contributed by atoms with Crippen molar-refractivity contribution < 1.29 is 14.1 Å². The molecule has 5 rings (SSSR count). The van der Waals surface area contributed by atoms with E-state index in [-0.39, 0.29) is 11.8 Å². The molecule has 2 aromatic heterocycles. The highest BCUT2D eigenvalue weighted by atomic mass is 16.5. The number of benzene rings is 1. The van der Waals surface area contributed by atoms with Gasteiger partial charge in [0.1, 0.15) is 11.4 Å². The molecule has 1 atom stereocenters. The maximum absolute atomic E-state index is 12.9. The van der Waals surface area contributed by atoms with Crippen LogP contribution in [0.4, 0.5) is 0 Å². The fraction of sp³-hybridized carbons (Fsp3) is 0.400. The third-order valence-electron chi connectivity index (χ3n) is 5.40. The van der Waals surface area contributed by atoms with Crippen molar-refractivity contribution in [3.63, 3.8) is 0 Å². The summed E-state index contributed by atoms with van der Waals surface area (Å²) in [6.45, 7) is 1.25. The summed E-state index contributed by atoms with van der Waals surface area (Å²) in [5.74, 6) is 2.73. The molecule has 144 valence electrons. The van der Waals surface area contributed by atoms with E-state index in [4.69, 9.17) is 9.26 Å². The maximum Gasteiger partial charge on any atom is 0.271 e. The predicted molar refractivity (Wildman–Crippen MR) is 100 cm³/mol. The van der Waals surface area contributed by atoms with Crippen LogP contribution in [0, 0.1) is 0 Å². The van der Waals surface area contributed by atoms with Gasteiger partial charge in [0.15, 0.2) is 5.82 Å². The van der Waals surface area contributed by atoms with Gasteiger partial charge in [-0.1, -0.05) is 17.3 Å². The van der Waals surface area contributed by atoms with Gasteiger partial charge < -0.3 is 14.2 Å². The number of H-pyrrole nitrogens is 1. The molecule has 1 saturated heterocycles. The Morgan fingerprint density at radius 1 is 1.25 bits per heavy atom. The van der Waals surface area contributed by atoms with Crippen LogP contribution in [0.2, 0.25) is 0 Å². The number of carbonyl (C=O) groups excluding carboxylic acids is 1. The first-order valence-electron chi connectivity index (χ1n) is 9.54. The summed E-state index contributed by atoms with van der Waals surface area (Å²) in [4.78, 5) is 19.2. The van der Waals surface area contributed by atoms with Crippen LogP contribution < -0.4 is 4.74 Å². The molecule has 1 saturated carbocycles. The van der Waals surface area contributed by atoms with Gasteiger partial charge in [-0.25, -0.2) is 0 Å². The molecule has 2 fully saturated rings. The molecule has 0 spiro atoms. The average molecular weight is 379 g/mol. The number of hydrogen-bond acceptors (Lipinski definition) is 6. The van der Waals surface area contributed by atoms with E-state index in [2.05, 4.69) is 20.3 Å². The number of ether oxygens (including phenoxy) is 1. The summed E-state index contributed by atoms with van der Waals surface area (Å²) in [6.07, 6.45) is 3.11. The highest BCUT2D eigenvalue weighted by molar-refractivity contribution is 5.93. The monoisotopic (exact) mass is 379 g/mol. The standard InChI is InChI=1S/C20H21N5O3/c1-27-15-4-2-3-13(9-15)16-10-17(23-22-16)20(26)25-8-7-14(11-25)19-21-18(24-28-19)12-5-6-12/h2-4,9-10,12,14H,5-8,11H2,1H3,(H,22,23)/t14-/m1/s1. The van der Waals surface area contributed by atoms with Gasteiger partial charge in [-0.15, -0.1) is 0 Å². The van der Waals surface area contributed by atoms with Crippen molar-refractivity contribution in [3.8, 4) is 17.0 Å². The van der Waals surface area contributed by atoms with Gasteiger partial charge >= 0.3 is 0 Å². The Bertz CT molecular complexity index is 1010. The van der Waals surface area contributed by atoms with E-state index in [9.17, 15) is 4.79 Å². The Hall–Kier alpha value is -3.16. The van der Waals surface area contributed by atoms with Crippen molar-refractivity contribution in [1.82, 2.24) is 25.2 Å². The number of rotatable bonds is 5. The molecule has 1 amide bonds. The second-order valence-corrected chi connectivity index (χ2v) is 7.40. The number of carbonyl (C=O) groups is 1. The summed E-state index contributed by atoms with van der Waals surface area (Å²) in [7, 11) is 1.62. The predicted octanol–water partition coefficient (Wildman–Crippen LogP) is 2.98. The molecular formula is C20H21N5O3. The molecule has 8 nitrogen and oxygen atoms in total. The molecule has 0 radical (unpaired) electrons. The first kappa shape index (κ1) is 17.0. The Morgan fingerprint density at radius 2 is 2.14 bits per heavy atom. The van der Waals surface area contributed by atoms with Gasteiger partial charge in [-0.2, -0.15) is 10.1 Å². The molecule has 0 unspecified atom stereocenters. The lowest BCUT2D eigenvalue weighted by Gasteiger charge is -2.14. The minimum atomic E-state index is -0.0638. The third-order valence-corrected chi connectivity index (χ3v) is 5.40. The number of nitrogens with one attached hydrogen (secondary N) is 1. The first-order chi connectivity index (χ1) is 13.7. The Kier molecular flexibility index (Phi) is 4.11.